The zero-order chi connectivity index (χ0) is 16.9. The Labute approximate surface area is 142 Å². The van der Waals surface area contributed by atoms with E-state index < -0.39 is 0 Å². The first-order valence-corrected chi connectivity index (χ1v) is 8.55. The number of aromatic nitrogens is 3. The molecular formula is C18H25N5O. The van der Waals surface area contributed by atoms with E-state index in [1.165, 1.54) is 12.8 Å². The van der Waals surface area contributed by atoms with Crippen LogP contribution in [-0.4, -0.2) is 32.7 Å². The fourth-order valence-corrected chi connectivity index (χ4v) is 2.49. The highest BCUT2D eigenvalue weighted by molar-refractivity contribution is 5.45. The lowest BCUT2D eigenvalue weighted by Crippen LogP contribution is -2.30. The second kappa shape index (κ2) is 7.57. The van der Waals surface area contributed by atoms with Crippen LogP contribution in [0.5, 0.6) is 0 Å². The third kappa shape index (κ3) is 4.41. The third-order valence-corrected chi connectivity index (χ3v) is 4.25. The first kappa shape index (κ1) is 16.6. The van der Waals surface area contributed by atoms with E-state index in [0.717, 1.165) is 17.1 Å². The molecular weight excluding hydrogens is 302 g/mol. The second-order valence-electron chi connectivity index (χ2n) is 6.67. The minimum Gasteiger partial charge on any atom is -0.394 e. The molecule has 1 saturated carbocycles. The van der Waals surface area contributed by atoms with Crippen LogP contribution in [0.3, 0.4) is 0 Å². The van der Waals surface area contributed by atoms with Crippen LogP contribution in [0.1, 0.15) is 43.9 Å². The maximum atomic E-state index is 9.53. The predicted octanol–water partition coefficient (Wildman–Crippen LogP) is 2.79. The van der Waals surface area contributed by atoms with Crippen LogP contribution >= 0.6 is 0 Å². The molecule has 1 aliphatic rings. The molecule has 128 valence electrons. The van der Waals surface area contributed by atoms with Crippen LogP contribution in [0, 0.1) is 5.92 Å². The summed E-state index contributed by atoms with van der Waals surface area (Å²) < 4.78 is 0. The van der Waals surface area contributed by atoms with Crippen molar-refractivity contribution >= 4 is 11.8 Å². The number of rotatable bonds is 8. The molecule has 2 aromatic heterocycles. The molecule has 3 N–H and O–H groups in total. The number of aliphatic hydroxyl groups excluding tert-OH is 1. The highest BCUT2D eigenvalue weighted by Crippen LogP contribution is 2.40. The Morgan fingerprint density at radius 1 is 1.29 bits per heavy atom. The van der Waals surface area contributed by atoms with Gasteiger partial charge in [0.15, 0.2) is 0 Å². The monoisotopic (exact) mass is 327 g/mol. The smallest absolute Gasteiger partial charge is 0.225 e. The van der Waals surface area contributed by atoms with Crippen molar-refractivity contribution in [2.75, 3.05) is 17.2 Å². The molecule has 0 unspecified atom stereocenters. The summed E-state index contributed by atoms with van der Waals surface area (Å²) in [6.07, 6.45) is 5.98. The average molecular weight is 327 g/mol. The summed E-state index contributed by atoms with van der Waals surface area (Å²) in [5.41, 5.74) is 2.18. The van der Waals surface area contributed by atoms with Crippen molar-refractivity contribution in [2.24, 2.45) is 5.92 Å². The Morgan fingerprint density at radius 3 is 2.75 bits per heavy atom. The molecule has 0 bridgehead atoms. The van der Waals surface area contributed by atoms with Crippen molar-refractivity contribution in [1.29, 1.82) is 0 Å². The minimum atomic E-state index is -0.0503. The maximum absolute atomic E-state index is 9.53. The number of nitrogens with zero attached hydrogens (tertiary/aromatic N) is 3. The molecule has 24 heavy (non-hydrogen) atoms. The summed E-state index contributed by atoms with van der Waals surface area (Å²) >= 11 is 0. The zero-order valence-electron chi connectivity index (χ0n) is 14.2. The Balaban J connectivity index is 1.75. The molecule has 6 nitrogen and oxygen atoms in total. The number of hydrogen-bond donors (Lipinski definition) is 3. The van der Waals surface area contributed by atoms with E-state index in [0.29, 0.717) is 24.3 Å². The van der Waals surface area contributed by atoms with Gasteiger partial charge in [0.05, 0.1) is 18.3 Å². The van der Waals surface area contributed by atoms with Gasteiger partial charge in [-0.15, -0.1) is 0 Å². The van der Waals surface area contributed by atoms with Gasteiger partial charge in [-0.05, 0) is 30.4 Å². The maximum Gasteiger partial charge on any atom is 0.225 e. The van der Waals surface area contributed by atoms with Crippen LogP contribution in [0.25, 0.3) is 0 Å². The SMILES string of the molecule is CC(C)[C@H](CO)Nc1nc(NCc2cccnc2)cc(C2CC2)n1. The summed E-state index contributed by atoms with van der Waals surface area (Å²) in [6, 6.07) is 5.94. The lowest BCUT2D eigenvalue weighted by Gasteiger charge is -2.20. The number of aliphatic hydroxyl groups is 1. The van der Waals surface area contributed by atoms with Crippen molar-refractivity contribution in [3.05, 3.63) is 41.9 Å². The van der Waals surface area contributed by atoms with E-state index in [2.05, 4.69) is 39.4 Å². The van der Waals surface area contributed by atoms with Crippen LogP contribution < -0.4 is 10.6 Å². The van der Waals surface area contributed by atoms with E-state index in [4.69, 9.17) is 0 Å². The van der Waals surface area contributed by atoms with Gasteiger partial charge in [-0.2, -0.15) is 4.98 Å². The first-order valence-electron chi connectivity index (χ1n) is 8.55. The zero-order valence-corrected chi connectivity index (χ0v) is 14.2. The fraction of sp³-hybridized carbons (Fsp3) is 0.500. The Kier molecular flexibility index (Phi) is 5.25. The molecule has 2 heterocycles. The highest BCUT2D eigenvalue weighted by atomic mass is 16.3. The second-order valence-corrected chi connectivity index (χ2v) is 6.67. The Hall–Kier alpha value is -2.21. The Bertz CT molecular complexity index is 658. The van der Waals surface area contributed by atoms with Crippen molar-refractivity contribution in [3.8, 4) is 0 Å². The Morgan fingerprint density at radius 2 is 2.12 bits per heavy atom. The summed E-state index contributed by atoms with van der Waals surface area (Å²) in [6.45, 7) is 4.87. The van der Waals surface area contributed by atoms with Gasteiger partial charge in [0.1, 0.15) is 5.82 Å². The van der Waals surface area contributed by atoms with Gasteiger partial charge >= 0.3 is 0 Å². The van der Waals surface area contributed by atoms with E-state index in [-0.39, 0.29) is 12.6 Å². The topological polar surface area (TPSA) is 83.0 Å². The molecule has 1 atom stereocenters. The van der Waals surface area contributed by atoms with Crippen molar-refractivity contribution < 1.29 is 5.11 Å². The van der Waals surface area contributed by atoms with Crippen molar-refractivity contribution in [2.45, 2.75) is 45.2 Å². The molecule has 1 aliphatic carbocycles. The molecule has 6 heteroatoms. The third-order valence-electron chi connectivity index (χ3n) is 4.25. The number of pyridine rings is 1. The molecule has 0 spiro atoms. The quantitative estimate of drug-likeness (QED) is 0.691. The van der Waals surface area contributed by atoms with Gasteiger partial charge in [0, 0.05) is 30.9 Å². The van der Waals surface area contributed by atoms with Gasteiger partial charge in [-0.1, -0.05) is 19.9 Å². The van der Waals surface area contributed by atoms with E-state index in [9.17, 15) is 5.11 Å². The fourth-order valence-electron chi connectivity index (χ4n) is 2.49. The molecule has 0 radical (unpaired) electrons. The van der Waals surface area contributed by atoms with E-state index >= 15 is 0 Å². The van der Waals surface area contributed by atoms with Crippen LogP contribution in [0.2, 0.25) is 0 Å². The number of nitrogens with one attached hydrogen (secondary N) is 2. The van der Waals surface area contributed by atoms with Gasteiger partial charge in [0.2, 0.25) is 5.95 Å². The molecule has 1 fully saturated rings. The summed E-state index contributed by atoms with van der Waals surface area (Å²) in [5.74, 6) is 2.23. The molecule has 3 rings (SSSR count). The molecule has 0 amide bonds. The van der Waals surface area contributed by atoms with Crippen molar-refractivity contribution in [1.82, 2.24) is 15.0 Å². The lowest BCUT2D eigenvalue weighted by atomic mass is 10.1. The average Bonchev–Trinajstić information content (AvgIpc) is 3.43. The van der Waals surface area contributed by atoms with Gasteiger partial charge in [-0.25, -0.2) is 4.98 Å². The summed E-state index contributed by atoms with van der Waals surface area (Å²) in [5, 5.41) is 16.1. The van der Waals surface area contributed by atoms with E-state index in [1.807, 2.05) is 24.4 Å². The highest BCUT2D eigenvalue weighted by Gasteiger charge is 2.26. The standard InChI is InChI=1S/C18H25N5O/c1-12(2)16(11-24)22-18-21-15(14-5-6-14)8-17(23-18)20-10-13-4-3-7-19-9-13/h3-4,7-9,12,14,16,24H,5-6,10-11H2,1-2H3,(H2,20,21,22,23)/t16-/m0/s1. The summed E-state index contributed by atoms with van der Waals surface area (Å²) in [7, 11) is 0. The van der Waals surface area contributed by atoms with Gasteiger partial charge in [0.25, 0.3) is 0 Å². The molecule has 2 aromatic rings. The largest absolute Gasteiger partial charge is 0.394 e. The molecule has 0 aliphatic heterocycles. The molecule has 0 saturated heterocycles. The minimum absolute atomic E-state index is 0.0503. The number of hydrogen-bond acceptors (Lipinski definition) is 6. The van der Waals surface area contributed by atoms with Gasteiger partial charge < -0.3 is 15.7 Å². The molecule has 0 aromatic carbocycles. The lowest BCUT2D eigenvalue weighted by molar-refractivity contribution is 0.248. The van der Waals surface area contributed by atoms with Crippen LogP contribution in [0.15, 0.2) is 30.6 Å². The van der Waals surface area contributed by atoms with Crippen LogP contribution in [-0.2, 0) is 6.54 Å². The van der Waals surface area contributed by atoms with E-state index in [1.54, 1.807) is 6.20 Å². The van der Waals surface area contributed by atoms with Crippen molar-refractivity contribution in [3.63, 3.8) is 0 Å². The number of anilines is 2. The van der Waals surface area contributed by atoms with Gasteiger partial charge in [-0.3, -0.25) is 4.98 Å². The normalized spacial score (nSPS) is 15.3. The summed E-state index contributed by atoms with van der Waals surface area (Å²) in [4.78, 5) is 13.3. The first-order chi connectivity index (χ1) is 11.7. The predicted molar refractivity (Wildman–Crippen MR) is 94.9 cm³/mol. The van der Waals surface area contributed by atoms with Crippen LogP contribution in [0.4, 0.5) is 11.8 Å².